The molecule has 1 N–H and O–H groups in total. The lowest BCUT2D eigenvalue weighted by molar-refractivity contribution is -0.154. The molecule has 3 aliphatic rings. The van der Waals surface area contributed by atoms with Gasteiger partial charge in [0.15, 0.2) is 0 Å². The van der Waals surface area contributed by atoms with Crippen LogP contribution in [0, 0.1) is 11.3 Å². The number of likely N-dealkylation sites (tertiary alicyclic amines) is 2. The summed E-state index contributed by atoms with van der Waals surface area (Å²) in [6.45, 7) is 8.96. The molecule has 0 aromatic carbocycles. The van der Waals surface area contributed by atoms with E-state index in [0.717, 1.165) is 26.1 Å². The van der Waals surface area contributed by atoms with E-state index in [2.05, 4.69) is 9.80 Å². The second-order valence-electron chi connectivity index (χ2n) is 8.03. The van der Waals surface area contributed by atoms with Gasteiger partial charge in [0.1, 0.15) is 5.41 Å². The first kappa shape index (κ1) is 17.6. The number of ether oxygens (including phenoxy) is 1. The van der Waals surface area contributed by atoms with E-state index in [1.54, 1.807) is 4.90 Å². The van der Waals surface area contributed by atoms with Gasteiger partial charge in [0.05, 0.1) is 18.8 Å². The zero-order valence-corrected chi connectivity index (χ0v) is 15.0. The standard InChI is InChI=1S/C17H29N3O4/c1-16(2,20-6-8-24-9-7-20)14(21)19-10-13-4-5-18(3)11-17(13,12-19)15(22)23/h13H,4-12H2,1-3H3,(H,22,23). The van der Waals surface area contributed by atoms with Crippen molar-refractivity contribution in [3.63, 3.8) is 0 Å². The normalized spacial score (nSPS) is 32.6. The Balaban J connectivity index is 1.78. The maximum atomic E-state index is 13.2. The summed E-state index contributed by atoms with van der Waals surface area (Å²) in [6.07, 6.45) is 0.838. The van der Waals surface area contributed by atoms with Crippen molar-refractivity contribution < 1.29 is 19.4 Å². The summed E-state index contributed by atoms with van der Waals surface area (Å²) in [5, 5.41) is 9.88. The smallest absolute Gasteiger partial charge is 0.313 e. The van der Waals surface area contributed by atoms with Crippen LogP contribution in [-0.2, 0) is 14.3 Å². The van der Waals surface area contributed by atoms with Crippen LogP contribution in [0.25, 0.3) is 0 Å². The van der Waals surface area contributed by atoms with Gasteiger partial charge in [-0.3, -0.25) is 14.5 Å². The Morgan fingerprint density at radius 1 is 1.17 bits per heavy atom. The number of carboxylic acids is 1. The lowest BCUT2D eigenvalue weighted by Gasteiger charge is -2.41. The van der Waals surface area contributed by atoms with Crippen molar-refractivity contribution in [2.24, 2.45) is 11.3 Å². The highest BCUT2D eigenvalue weighted by atomic mass is 16.5. The molecule has 0 spiro atoms. The van der Waals surface area contributed by atoms with Crippen LogP contribution in [-0.4, -0.2) is 96.8 Å². The Morgan fingerprint density at radius 3 is 2.46 bits per heavy atom. The molecule has 3 heterocycles. The van der Waals surface area contributed by atoms with E-state index < -0.39 is 16.9 Å². The average molecular weight is 339 g/mol. The number of hydrogen-bond donors (Lipinski definition) is 1. The van der Waals surface area contributed by atoms with Crippen molar-refractivity contribution in [2.75, 3.05) is 59.5 Å². The highest BCUT2D eigenvalue weighted by Gasteiger charge is 2.57. The number of carbonyl (C=O) groups excluding carboxylic acids is 1. The Bertz CT molecular complexity index is 518. The molecule has 1 amide bonds. The Hall–Kier alpha value is -1.18. The minimum atomic E-state index is -0.816. The lowest BCUT2D eigenvalue weighted by atomic mass is 9.73. The molecule has 0 bridgehead atoms. The second kappa shape index (κ2) is 6.28. The van der Waals surface area contributed by atoms with Crippen molar-refractivity contribution in [1.29, 1.82) is 0 Å². The van der Waals surface area contributed by atoms with Crippen LogP contribution in [0.2, 0.25) is 0 Å². The van der Waals surface area contributed by atoms with Crippen molar-refractivity contribution in [1.82, 2.24) is 14.7 Å². The fourth-order valence-electron chi connectivity index (χ4n) is 4.57. The van der Waals surface area contributed by atoms with Gasteiger partial charge in [-0.25, -0.2) is 0 Å². The average Bonchev–Trinajstić information content (AvgIpc) is 2.95. The van der Waals surface area contributed by atoms with Crippen LogP contribution in [0.4, 0.5) is 0 Å². The van der Waals surface area contributed by atoms with Crippen molar-refractivity contribution >= 4 is 11.9 Å². The molecule has 3 fully saturated rings. The number of piperidine rings is 1. The van der Waals surface area contributed by atoms with Crippen molar-refractivity contribution in [3.05, 3.63) is 0 Å². The molecule has 7 heteroatoms. The Kier molecular flexibility index (Phi) is 4.61. The zero-order valence-electron chi connectivity index (χ0n) is 15.0. The van der Waals surface area contributed by atoms with Gasteiger partial charge in [-0.1, -0.05) is 0 Å². The monoisotopic (exact) mass is 339 g/mol. The third kappa shape index (κ3) is 2.82. The highest BCUT2D eigenvalue weighted by molar-refractivity contribution is 5.87. The summed E-state index contributed by atoms with van der Waals surface area (Å²) in [7, 11) is 1.96. The predicted molar refractivity (Wildman–Crippen MR) is 88.7 cm³/mol. The maximum Gasteiger partial charge on any atom is 0.313 e. The van der Waals surface area contributed by atoms with Crippen LogP contribution in [0.15, 0.2) is 0 Å². The van der Waals surface area contributed by atoms with Crippen LogP contribution in [0.3, 0.4) is 0 Å². The first-order valence-corrected chi connectivity index (χ1v) is 8.81. The maximum absolute atomic E-state index is 13.2. The molecule has 0 aliphatic carbocycles. The summed E-state index contributed by atoms with van der Waals surface area (Å²) in [5.74, 6) is -0.670. The number of rotatable bonds is 3. The summed E-state index contributed by atoms with van der Waals surface area (Å²) in [4.78, 5) is 31.3. The van der Waals surface area contributed by atoms with E-state index in [1.165, 1.54) is 0 Å². The molecule has 24 heavy (non-hydrogen) atoms. The third-order valence-corrected chi connectivity index (χ3v) is 6.14. The van der Waals surface area contributed by atoms with Gasteiger partial charge >= 0.3 is 5.97 Å². The highest BCUT2D eigenvalue weighted by Crippen LogP contribution is 2.43. The number of morpholine rings is 1. The number of carbonyl (C=O) groups is 2. The van der Waals surface area contributed by atoms with Crippen LogP contribution in [0.1, 0.15) is 20.3 Å². The predicted octanol–water partition coefficient (Wildman–Crippen LogP) is -0.0379. The van der Waals surface area contributed by atoms with Crippen molar-refractivity contribution in [2.45, 2.75) is 25.8 Å². The van der Waals surface area contributed by atoms with E-state index in [1.807, 2.05) is 20.9 Å². The summed E-state index contributed by atoms with van der Waals surface area (Å²) < 4.78 is 5.39. The minimum Gasteiger partial charge on any atom is -0.481 e. The molecule has 0 aromatic rings. The van der Waals surface area contributed by atoms with E-state index in [4.69, 9.17) is 4.74 Å². The molecule has 0 radical (unpaired) electrons. The largest absolute Gasteiger partial charge is 0.481 e. The summed E-state index contributed by atoms with van der Waals surface area (Å²) in [5.41, 5.74) is -1.44. The second-order valence-corrected chi connectivity index (χ2v) is 8.03. The molecular formula is C17H29N3O4. The molecule has 3 aliphatic heterocycles. The Morgan fingerprint density at radius 2 is 1.83 bits per heavy atom. The number of amides is 1. The molecule has 3 rings (SSSR count). The van der Waals surface area contributed by atoms with E-state index in [-0.39, 0.29) is 11.8 Å². The van der Waals surface area contributed by atoms with Gasteiger partial charge in [0.2, 0.25) is 5.91 Å². The Labute approximate surface area is 143 Å². The van der Waals surface area contributed by atoms with Crippen molar-refractivity contribution in [3.8, 4) is 0 Å². The van der Waals surface area contributed by atoms with Crippen LogP contribution >= 0.6 is 0 Å². The first-order chi connectivity index (χ1) is 11.3. The summed E-state index contributed by atoms with van der Waals surface area (Å²) in [6, 6.07) is 0. The number of carboxylic acid groups (broad SMARTS) is 1. The van der Waals surface area contributed by atoms with E-state index in [0.29, 0.717) is 32.8 Å². The molecule has 2 atom stereocenters. The van der Waals surface area contributed by atoms with Gasteiger partial charge < -0.3 is 19.6 Å². The van der Waals surface area contributed by atoms with Gasteiger partial charge in [0, 0.05) is 32.7 Å². The van der Waals surface area contributed by atoms with Crippen LogP contribution in [0.5, 0.6) is 0 Å². The molecule has 7 nitrogen and oxygen atoms in total. The zero-order chi connectivity index (χ0) is 17.5. The first-order valence-electron chi connectivity index (χ1n) is 8.81. The fraction of sp³-hybridized carbons (Fsp3) is 0.882. The quantitative estimate of drug-likeness (QED) is 0.778. The number of aliphatic carboxylic acids is 1. The topological polar surface area (TPSA) is 73.3 Å². The van der Waals surface area contributed by atoms with Gasteiger partial charge in [-0.2, -0.15) is 0 Å². The minimum absolute atomic E-state index is 0.0436. The van der Waals surface area contributed by atoms with E-state index in [9.17, 15) is 14.7 Å². The molecule has 3 saturated heterocycles. The molecule has 136 valence electrons. The van der Waals surface area contributed by atoms with E-state index >= 15 is 0 Å². The number of fused-ring (bicyclic) bond motifs is 1. The molecule has 2 unspecified atom stereocenters. The van der Waals surface area contributed by atoms with Gasteiger partial charge in [-0.05, 0) is 39.8 Å². The van der Waals surface area contributed by atoms with Gasteiger partial charge in [-0.15, -0.1) is 0 Å². The number of nitrogens with zero attached hydrogens (tertiary/aromatic N) is 3. The SMILES string of the molecule is CN1CCC2CN(C(=O)C(C)(C)N3CCOCC3)CC2(C(=O)O)C1. The fourth-order valence-corrected chi connectivity index (χ4v) is 4.57. The van der Waals surface area contributed by atoms with Gasteiger partial charge in [0.25, 0.3) is 0 Å². The van der Waals surface area contributed by atoms with Crippen LogP contribution < -0.4 is 0 Å². The molecule has 0 aromatic heterocycles. The molecular weight excluding hydrogens is 310 g/mol. The lowest BCUT2D eigenvalue weighted by Crippen LogP contribution is -2.59. The summed E-state index contributed by atoms with van der Waals surface area (Å²) >= 11 is 0. The molecule has 0 saturated carbocycles. The number of hydrogen-bond acceptors (Lipinski definition) is 5. The third-order valence-electron chi connectivity index (χ3n) is 6.14.